The second kappa shape index (κ2) is 6.15. The molecule has 4 N–H and O–H groups in total. The molecule has 2 aliphatic heterocycles. The van der Waals surface area contributed by atoms with Crippen molar-refractivity contribution in [1.82, 2.24) is 0 Å². The molecular formula is H4Al2O14S3. The fourth-order valence-electron chi connectivity index (χ4n) is 0.679. The van der Waals surface area contributed by atoms with E-state index in [2.05, 4.69) is 19.4 Å². The average Bonchev–Trinajstić information content (AvgIpc) is 1.94. The van der Waals surface area contributed by atoms with Gasteiger partial charge in [-0.05, 0) is 0 Å². The van der Waals surface area contributed by atoms with Crippen molar-refractivity contribution in [1.29, 1.82) is 0 Å². The van der Waals surface area contributed by atoms with Gasteiger partial charge in [-0.25, -0.2) is 0 Å². The molecule has 0 spiro atoms. The zero-order valence-electron chi connectivity index (χ0n) is 8.28. The number of rotatable bonds is 4. The van der Waals surface area contributed by atoms with Gasteiger partial charge in [0.25, 0.3) is 0 Å². The molecule has 2 rings (SSSR count). The number of hydrogen-bond donors (Lipinski definition) is 0. The van der Waals surface area contributed by atoms with Gasteiger partial charge in [-0.3, -0.25) is 0 Å². The van der Waals surface area contributed by atoms with Crippen molar-refractivity contribution in [3.8, 4) is 0 Å². The highest BCUT2D eigenvalue weighted by Crippen LogP contribution is 2.21. The smallest absolute Gasteiger partial charge is 0.412 e. The molecule has 0 bridgehead atoms. The summed E-state index contributed by atoms with van der Waals surface area (Å²) in [6, 6.07) is 0. The van der Waals surface area contributed by atoms with Gasteiger partial charge in [-0.2, -0.15) is 25.3 Å². The fraction of sp³-hybridized carbons (Fsp3) is 0. The Morgan fingerprint density at radius 1 is 0.737 bits per heavy atom. The first-order valence-electron chi connectivity index (χ1n) is 3.41. The van der Waals surface area contributed by atoms with Crippen LogP contribution in [0.4, 0.5) is 0 Å². The molecule has 0 amide bonds. The lowest BCUT2D eigenvalue weighted by Crippen LogP contribution is -2.48. The maximum Gasteiger partial charge on any atom is 0.956 e. The van der Waals surface area contributed by atoms with E-state index in [9.17, 15) is 25.3 Å². The van der Waals surface area contributed by atoms with Gasteiger partial charge in [0.2, 0.25) is 0 Å². The Morgan fingerprint density at radius 2 is 1.00 bits per heavy atom. The minimum atomic E-state index is -4.71. The van der Waals surface area contributed by atoms with E-state index in [1.807, 2.05) is 0 Å². The molecule has 19 heteroatoms. The fourth-order valence-corrected chi connectivity index (χ4v) is 7.67. The summed E-state index contributed by atoms with van der Waals surface area (Å²) in [5.41, 5.74) is 0. The minimum Gasteiger partial charge on any atom is -0.412 e. The standard InChI is InChI=1S/2Al.3H2O4S.2H2O/c;;3*1-5(2,3)4;;/h;;3*(H2,1,2,3,4);2*1H2/q2*+3;;;;;/p-6. The van der Waals surface area contributed by atoms with E-state index in [0.717, 1.165) is 0 Å². The van der Waals surface area contributed by atoms with E-state index < -0.39 is 61.5 Å². The van der Waals surface area contributed by atoms with Gasteiger partial charge in [-0.1, -0.05) is 0 Å². The topological polar surface area (TPSA) is 221 Å². The van der Waals surface area contributed by atoms with Crippen molar-refractivity contribution >= 4 is 61.5 Å². The minimum absolute atomic E-state index is 0. The molecule has 0 unspecified atom stereocenters. The molecule has 2 aliphatic rings. The molecule has 0 atom stereocenters. The van der Waals surface area contributed by atoms with Gasteiger partial charge in [0.1, 0.15) is 0 Å². The molecule has 2 heterocycles. The summed E-state index contributed by atoms with van der Waals surface area (Å²) < 4.78 is 87.1. The number of hydrogen-bond acceptors (Lipinski definition) is 12. The van der Waals surface area contributed by atoms with Gasteiger partial charge in [0.05, 0.1) is 0 Å². The highest BCUT2D eigenvalue weighted by atomic mass is 32.3. The van der Waals surface area contributed by atoms with Gasteiger partial charge in [0.15, 0.2) is 0 Å². The van der Waals surface area contributed by atoms with Crippen molar-refractivity contribution in [2.45, 2.75) is 0 Å². The Bertz CT molecular complexity index is 534. The molecule has 2 fully saturated rings. The lowest BCUT2D eigenvalue weighted by molar-refractivity contribution is 0.189. The zero-order valence-corrected chi connectivity index (χ0v) is 13.0. The third kappa shape index (κ3) is 5.47. The Labute approximate surface area is 117 Å². The predicted octanol–water partition coefficient (Wildman–Crippen LogP) is -4.83. The van der Waals surface area contributed by atoms with E-state index in [0.29, 0.717) is 0 Å². The summed E-state index contributed by atoms with van der Waals surface area (Å²) in [6.07, 6.45) is 0. The van der Waals surface area contributed by atoms with Crippen molar-refractivity contribution < 1.29 is 55.6 Å². The second-order valence-electron chi connectivity index (χ2n) is 2.38. The van der Waals surface area contributed by atoms with Gasteiger partial charge >= 0.3 is 61.5 Å². The van der Waals surface area contributed by atoms with Crippen LogP contribution in [0.3, 0.4) is 0 Å². The van der Waals surface area contributed by atoms with Crippen molar-refractivity contribution in [2.75, 3.05) is 0 Å². The van der Waals surface area contributed by atoms with Gasteiger partial charge < -0.3 is 30.4 Å². The highest BCUT2D eigenvalue weighted by molar-refractivity contribution is 7.88. The van der Waals surface area contributed by atoms with Crippen LogP contribution < -0.4 is 0 Å². The molecule has 0 radical (unpaired) electrons. The lowest BCUT2D eigenvalue weighted by Gasteiger charge is -2.22. The van der Waals surface area contributed by atoms with Crippen molar-refractivity contribution in [3.63, 3.8) is 0 Å². The first-order chi connectivity index (χ1) is 7.57. The van der Waals surface area contributed by atoms with Crippen LogP contribution in [0.15, 0.2) is 0 Å². The Hall–Kier alpha value is 0.595. The second-order valence-corrected chi connectivity index (χ2v) is 10.6. The molecule has 0 aliphatic carbocycles. The third-order valence-corrected chi connectivity index (χ3v) is 10.6. The Morgan fingerprint density at radius 3 is 1.21 bits per heavy atom. The normalized spacial score (nSPS) is 23.4. The summed E-state index contributed by atoms with van der Waals surface area (Å²) in [7, 11) is -13.1. The summed E-state index contributed by atoms with van der Waals surface area (Å²) in [6.45, 7) is 0. The van der Waals surface area contributed by atoms with Gasteiger partial charge in [-0.15, -0.1) is 0 Å². The van der Waals surface area contributed by atoms with Crippen LogP contribution in [0, 0.1) is 0 Å². The highest BCUT2D eigenvalue weighted by Gasteiger charge is 2.60. The van der Waals surface area contributed by atoms with Crippen LogP contribution in [0.1, 0.15) is 0 Å². The Balaban J connectivity index is 0.00000162. The molecule has 19 heavy (non-hydrogen) atoms. The first kappa shape index (κ1) is 19.6. The van der Waals surface area contributed by atoms with E-state index in [4.69, 9.17) is 0 Å². The van der Waals surface area contributed by atoms with Crippen molar-refractivity contribution in [3.05, 3.63) is 0 Å². The maximum absolute atomic E-state index is 11.0. The SMILES string of the molecule is O.O.O=S1(=O)[O][Al]([O]S(=O)(=O)[O][Al]2[O]S(=O)(=O)[O]2)[O]1. The molecule has 2 saturated heterocycles. The quantitative estimate of drug-likeness (QED) is 0.420. The largest absolute Gasteiger partial charge is 0.956 e. The molecule has 0 aromatic rings. The van der Waals surface area contributed by atoms with Crippen LogP contribution >= 0.6 is 0 Å². The van der Waals surface area contributed by atoms with Gasteiger partial charge in [0, 0.05) is 0 Å². The lowest BCUT2D eigenvalue weighted by atomic mass is 15.6. The van der Waals surface area contributed by atoms with Crippen LogP contribution in [0.5, 0.6) is 0 Å². The van der Waals surface area contributed by atoms with Crippen molar-refractivity contribution in [2.24, 2.45) is 0 Å². The van der Waals surface area contributed by atoms with Crippen LogP contribution in [-0.4, -0.2) is 66.5 Å². The van der Waals surface area contributed by atoms with E-state index in [-0.39, 0.29) is 11.0 Å². The zero-order chi connectivity index (χ0) is 12.9. The predicted molar refractivity (Wildman–Crippen MR) is 52.0 cm³/mol. The summed E-state index contributed by atoms with van der Waals surface area (Å²) in [5, 5.41) is 0. The van der Waals surface area contributed by atoms with Crippen LogP contribution in [0.25, 0.3) is 0 Å². The van der Waals surface area contributed by atoms with Crippen LogP contribution in [-0.2, 0) is 50.6 Å². The third-order valence-electron chi connectivity index (χ3n) is 1.18. The molecule has 0 saturated carbocycles. The molecule has 14 nitrogen and oxygen atoms in total. The van der Waals surface area contributed by atoms with E-state index in [1.165, 1.54) is 0 Å². The molecular weight excluding hydrogens is 374 g/mol. The average molecular weight is 378 g/mol. The van der Waals surface area contributed by atoms with Crippen LogP contribution in [0.2, 0.25) is 0 Å². The monoisotopic (exact) mass is 378 g/mol. The van der Waals surface area contributed by atoms with E-state index in [1.54, 1.807) is 0 Å². The Kier molecular flexibility index (Phi) is 6.34. The first-order valence-corrected chi connectivity index (χ1v) is 10.2. The summed E-state index contributed by atoms with van der Waals surface area (Å²) >= 11 is -6.74. The summed E-state index contributed by atoms with van der Waals surface area (Å²) in [4.78, 5) is 0. The molecule has 112 valence electrons. The molecule has 0 aromatic heterocycles. The summed E-state index contributed by atoms with van der Waals surface area (Å²) in [5.74, 6) is 0. The van der Waals surface area contributed by atoms with E-state index >= 15 is 0 Å². The maximum atomic E-state index is 11.0. The molecule has 0 aromatic carbocycles.